The van der Waals surface area contributed by atoms with Gasteiger partial charge in [-0.1, -0.05) is 30.3 Å². The molecule has 0 spiro atoms. The summed E-state index contributed by atoms with van der Waals surface area (Å²) in [6.07, 6.45) is 1.23. The highest BCUT2D eigenvalue weighted by atomic mass is 32.2. The SMILES string of the molecule is C[C@H]1c2nc(-c3ccccc3)nn2CCN1S(C)(=O)=O. The molecule has 1 atom stereocenters. The van der Waals surface area contributed by atoms with E-state index in [1.807, 2.05) is 37.3 Å². The molecule has 0 saturated carbocycles. The summed E-state index contributed by atoms with van der Waals surface area (Å²) in [6.45, 7) is 2.81. The van der Waals surface area contributed by atoms with E-state index >= 15 is 0 Å². The molecule has 106 valence electrons. The van der Waals surface area contributed by atoms with E-state index in [0.29, 0.717) is 24.7 Å². The molecule has 7 heteroatoms. The maximum atomic E-state index is 11.8. The average Bonchev–Trinajstić information content (AvgIpc) is 2.83. The number of nitrogens with zero attached hydrogens (tertiary/aromatic N) is 4. The predicted octanol–water partition coefficient (Wildman–Crippen LogP) is 1.28. The van der Waals surface area contributed by atoms with Gasteiger partial charge in [-0.2, -0.15) is 9.40 Å². The summed E-state index contributed by atoms with van der Waals surface area (Å²) in [5, 5.41) is 4.47. The zero-order valence-electron chi connectivity index (χ0n) is 11.4. The number of hydrogen-bond donors (Lipinski definition) is 0. The van der Waals surface area contributed by atoms with Crippen molar-refractivity contribution in [1.82, 2.24) is 19.1 Å². The van der Waals surface area contributed by atoms with E-state index in [4.69, 9.17) is 0 Å². The number of sulfonamides is 1. The molecule has 2 heterocycles. The van der Waals surface area contributed by atoms with E-state index in [0.717, 1.165) is 5.56 Å². The first-order valence-corrected chi connectivity index (χ1v) is 8.28. The van der Waals surface area contributed by atoms with Crippen LogP contribution in [0.2, 0.25) is 0 Å². The third-order valence-corrected chi connectivity index (χ3v) is 4.85. The van der Waals surface area contributed by atoms with Gasteiger partial charge in [0.1, 0.15) is 5.82 Å². The molecule has 0 saturated heterocycles. The molecule has 20 heavy (non-hydrogen) atoms. The van der Waals surface area contributed by atoms with E-state index in [-0.39, 0.29) is 6.04 Å². The zero-order valence-corrected chi connectivity index (χ0v) is 12.2. The van der Waals surface area contributed by atoms with Crippen LogP contribution in [0.5, 0.6) is 0 Å². The van der Waals surface area contributed by atoms with E-state index < -0.39 is 10.0 Å². The normalized spacial score (nSPS) is 19.8. The quantitative estimate of drug-likeness (QED) is 0.836. The summed E-state index contributed by atoms with van der Waals surface area (Å²) >= 11 is 0. The maximum Gasteiger partial charge on any atom is 0.211 e. The Bertz CT molecular complexity index is 724. The fourth-order valence-corrected chi connectivity index (χ4v) is 3.59. The summed E-state index contributed by atoms with van der Waals surface area (Å²) in [5.74, 6) is 1.34. The van der Waals surface area contributed by atoms with E-state index in [2.05, 4.69) is 10.1 Å². The molecule has 0 N–H and O–H groups in total. The van der Waals surface area contributed by atoms with Gasteiger partial charge in [-0.05, 0) is 6.92 Å². The summed E-state index contributed by atoms with van der Waals surface area (Å²) in [5.41, 5.74) is 0.938. The van der Waals surface area contributed by atoms with Gasteiger partial charge in [0.05, 0.1) is 18.8 Å². The lowest BCUT2D eigenvalue weighted by molar-refractivity contribution is 0.267. The smallest absolute Gasteiger partial charge is 0.211 e. The monoisotopic (exact) mass is 292 g/mol. The molecule has 0 unspecified atom stereocenters. The molecule has 0 amide bonds. The van der Waals surface area contributed by atoms with Gasteiger partial charge in [0, 0.05) is 12.1 Å². The van der Waals surface area contributed by atoms with Crippen LogP contribution in [-0.4, -0.2) is 40.3 Å². The van der Waals surface area contributed by atoms with Crippen molar-refractivity contribution < 1.29 is 8.42 Å². The van der Waals surface area contributed by atoms with Crippen LogP contribution >= 0.6 is 0 Å². The fraction of sp³-hybridized carbons (Fsp3) is 0.385. The molecular formula is C13H16N4O2S. The minimum Gasteiger partial charge on any atom is -0.246 e. The van der Waals surface area contributed by atoms with Gasteiger partial charge < -0.3 is 0 Å². The Labute approximate surface area is 118 Å². The lowest BCUT2D eigenvalue weighted by Gasteiger charge is -2.30. The van der Waals surface area contributed by atoms with Gasteiger partial charge in [0.2, 0.25) is 10.0 Å². The Morgan fingerprint density at radius 3 is 2.55 bits per heavy atom. The first-order chi connectivity index (χ1) is 9.47. The third kappa shape index (κ3) is 2.23. The van der Waals surface area contributed by atoms with Gasteiger partial charge in [-0.3, -0.25) is 0 Å². The summed E-state index contributed by atoms with van der Waals surface area (Å²) in [6, 6.07) is 9.40. The van der Waals surface area contributed by atoms with Crippen molar-refractivity contribution in [1.29, 1.82) is 0 Å². The number of rotatable bonds is 2. The van der Waals surface area contributed by atoms with Crippen LogP contribution in [0.4, 0.5) is 0 Å². The minimum absolute atomic E-state index is 0.288. The molecule has 1 aliphatic rings. The Morgan fingerprint density at radius 1 is 1.20 bits per heavy atom. The number of aromatic nitrogens is 3. The summed E-state index contributed by atoms with van der Waals surface area (Å²) in [7, 11) is -3.22. The van der Waals surface area contributed by atoms with Gasteiger partial charge in [0.15, 0.2) is 5.82 Å². The van der Waals surface area contributed by atoms with Crippen molar-refractivity contribution in [3.05, 3.63) is 36.2 Å². The summed E-state index contributed by atoms with van der Waals surface area (Å²) < 4.78 is 26.8. The largest absolute Gasteiger partial charge is 0.246 e. The maximum absolute atomic E-state index is 11.8. The molecule has 6 nitrogen and oxygen atoms in total. The van der Waals surface area contributed by atoms with Crippen LogP contribution in [0.3, 0.4) is 0 Å². The second-order valence-electron chi connectivity index (χ2n) is 4.93. The standard InChI is InChI=1S/C13H16N4O2S/c1-10-13-14-12(11-6-4-3-5-7-11)15-16(13)8-9-17(10)20(2,18)19/h3-7,10H,8-9H2,1-2H3/t10-/m0/s1. The first-order valence-electron chi connectivity index (χ1n) is 6.44. The van der Waals surface area contributed by atoms with Gasteiger partial charge in [-0.15, -0.1) is 0 Å². The molecule has 1 aromatic heterocycles. The Balaban J connectivity index is 2.01. The molecule has 3 rings (SSSR count). The molecule has 0 bridgehead atoms. The van der Waals surface area contributed by atoms with Gasteiger partial charge in [0.25, 0.3) is 0 Å². The van der Waals surface area contributed by atoms with Crippen LogP contribution in [0.1, 0.15) is 18.8 Å². The average molecular weight is 292 g/mol. The first kappa shape index (κ1) is 13.3. The van der Waals surface area contributed by atoms with Crippen molar-refractivity contribution in [3.8, 4) is 11.4 Å². The van der Waals surface area contributed by atoms with Crippen LogP contribution < -0.4 is 0 Å². The Hall–Kier alpha value is -1.73. The molecule has 1 aromatic carbocycles. The highest BCUT2D eigenvalue weighted by molar-refractivity contribution is 7.88. The topological polar surface area (TPSA) is 68.1 Å². The lowest BCUT2D eigenvalue weighted by Crippen LogP contribution is -2.40. The molecule has 1 aliphatic heterocycles. The Morgan fingerprint density at radius 2 is 1.90 bits per heavy atom. The third-order valence-electron chi connectivity index (χ3n) is 3.50. The van der Waals surface area contributed by atoms with Crippen molar-refractivity contribution in [2.24, 2.45) is 0 Å². The van der Waals surface area contributed by atoms with Crippen LogP contribution in [-0.2, 0) is 16.6 Å². The van der Waals surface area contributed by atoms with Crippen molar-refractivity contribution in [3.63, 3.8) is 0 Å². The van der Waals surface area contributed by atoms with Gasteiger partial charge in [-0.25, -0.2) is 18.1 Å². The number of benzene rings is 1. The predicted molar refractivity (Wildman–Crippen MR) is 75.4 cm³/mol. The van der Waals surface area contributed by atoms with Crippen molar-refractivity contribution >= 4 is 10.0 Å². The molecule has 0 fully saturated rings. The second-order valence-corrected chi connectivity index (χ2v) is 6.87. The second kappa shape index (κ2) is 4.68. The van der Waals surface area contributed by atoms with Crippen molar-refractivity contribution in [2.75, 3.05) is 12.8 Å². The fourth-order valence-electron chi connectivity index (χ4n) is 2.51. The Kier molecular flexibility index (Phi) is 3.10. The van der Waals surface area contributed by atoms with Crippen LogP contribution in [0.15, 0.2) is 30.3 Å². The molecule has 0 radical (unpaired) electrons. The molecular weight excluding hydrogens is 276 g/mol. The number of hydrogen-bond acceptors (Lipinski definition) is 4. The van der Waals surface area contributed by atoms with Crippen LogP contribution in [0, 0.1) is 0 Å². The van der Waals surface area contributed by atoms with E-state index in [1.54, 1.807) is 4.68 Å². The number of fused-ring (bicyclic) bond motifs is 1. The van der Waals surface area contributed by atoms with Crippen LogP contribution in [0.25, 0.3) is 11.4 Å². The van der Waals surface area contributed by atoms with E-state index in [9.17, 15) is 8.42 Å². The highest BCUT2D eigenvalue weighted by Gasteiger charge is 2.32. The van der Waals surface area contributed by atoms with Crippen molar-refractivity contribution in [2.45, 2.75) is 19.5 Å². The van der Waals surface area contributed by atoms with E-state index in [1.165, 1.54) is 10.6 Å². The lowest BCUT2D eigenvalue weighted by atomic mass is 10.2. The summed E-state index contributed by atoms with van der Waals surface area (Å²) in [4.78, 5) is 4.51. The van der Waals surface area contributed by atoms with Gasteiger partial charge >= 0.3 is 0 Å². The minimum atomic E-state index is -3.22. The zero-order chi connectivity index (χ0) is 14.3. The molecule has 2 aromatic rings. The highest BCUT2D eigenvalue weighted by Crippen LogP contribution is 2.27. The molecule has 0 aliphatic carbocycles.